The van der Waals surface area contributed by atoms with Gasteiger partial charge in [0.1, 0.15) is 11.5 Å². The summed E-state index contributed by atoms with van der Waals surface area (Å²) in [5.41, 5.74) is 0.993. The van der Waals surface area contributed by atoms with Crippen molar-refractivity contribution in [2.45, 2.75) is 12.5 Å². The van der Waals surface area contributed by atoms with Gasteiger partial charge in [-0.1, -0.05) is 24.3 Å². The van der Waals surface area contributed by atoms with Crippen molar-refractivity contribution in [3.63, 3.8) is 0 Å². The van der Waals surface area contributed by atoms with Gasteiger partial charge >= 0.3 is 0 Å². The van der Waals surface area contributed by atoms with E-state index in [9.17, 15) is 34.9 Å². The number of aliphatic hydroxyl groups is 1. The van der Waals surface area contributed by atoms with Crippen LogP contribution in [0, 0.1) is 20.2 Å². The van der Waals surface area contributed by atoms with Crippen molar-refractivity contribution < 1.29 is 29.3 Å². The number of carbonyl (C=O) groups is 2. The molecule has 5 rings (SSSR count). The lowest BCUT2D eigenvalue weighted by molar-refractivity contribution is -0.385. The molecule has 1 aromatic heterocycles. The summed E-state index contributed by atoms with van der Waals surface area (Å²) in [5, 5.41) is 34.8. The number of hydrogen-bond donors (Lipinski definition) is 2. The molecule has 202 valence electrons. The van der Waals surface area contributed by atoms with Crippen LogP contribution in [0.4, 0.5) is 11.4 Å². The van der Waals surface area contributed by atoms with Gasteiger partial charge in [-0.3, -0.25) is 29.8 Å². The van der Waals surface area contributed by atoms with Gasteiger partial charge in [0.05, 0.1) is 28.6 Å². The SMILES string of the molecule is COc1ccc2[nH]cc(CCN3C(=O)C(=O)C(=C(O)c4cccc([N+](=O)[O-])c4)[C@H]3c3cccc([N+](=O)[O-])c3)c2c1. The fourth-order valence-corrected chi connectivity index (χ4v) is 4.92. The second-order valence-corrected chi connectivity index (χ2v) is 9.13. The Balaban J connectivity index is 1.60. The number of fused-ring (bicyclic) bond motifs is 1. The molecule has 4 aromatic rings. The molecule has 3 aromatic carbocycles. The molecule has 0 spiro atoms. The van der Waals surface area contributed by atoms with Crippen LogP contribution in [0.1, 0.15) is 22.7 Å². The number of benzene rings is 3. The molecular formula is C28H22N4O8. The summed E-state index contributed by atoms with van der Waals surface area (Å²) in [7, 11) is 1.55. The first-order chi connectivity index (χ1) is 19.2. The molecule has 1 aliphatic rings. The zero-order chi connectivity index (χ0) is 28.6. The van der Waals surface area contributed by atoms with E-state index < -0.39 is 33.3 Å². The second kappa shape index (κ2) is 10.3. The minimum atomic E-state index is -1.17. The monoisotopic (exact) mass is 542 g/mol. The molecule has 0 bridgehead atoms. The van der Waals surface area contributed by atoms with Crippen molar-refractivity contribution in [3.05, 3.63) is 115 Å². The molecule has 0 unspecified atom stereocenters. The topological polar surface area (TPSA) is 169 Å². The summed E-state index contributed by atoms with van der Waals surface area (Å²) in [6.07, 6.45) is 2.09. The van der Waals surface area contributed by atoms with Gasteiger partial charge in [0.25, 0.3) is 23.1 Å². The zero-order valence-corrected chi connectivity index (χ0v) is 21.1. The van der Waals surface area contributed by atoms with Gasteiger partial charge in [-0.25, -0.2) is 0 Å². The van der Waals surface area contributed by atoms with Crippen molar-refractivity contribution >= 4 is 39.7 Å². The van der Waals surface area contributed by atoms with E-state index in [2.05, 4.69) is 4.98 Å². The molecule has 1 fully saturated rings. The van der Waals surface area contributed by atoms with Gasteiger partial charge in [-0.15, -0.1) is 0 Å². The van der Waals surface area contributed by atoms with Crippen LogP contribution < -0.4 is 4.74 Å². The Morgan fingerprint density at radius 1 is 1.00 bits per heavy atom. The molecular weight excluding hydrogens is 520 g/mol. The van der Waals surface area contributed by atoms with Crippen LogP contribution in [0.15, 0.2) is 78.5 Å². The Kier molecular flexibility index (Phi) is 6.74. The number of aliphatic hydroxyl groups excluding tert-OH is 1. The van der Waals surface area contributed by atoms with Crippen molar-refractivity contribution in [2.75, 3.05) is 13.7 Å². The predicted molar refractivity (Wildman–Crippen MR) is 144 cm³/mol. The van der Waals surface area contributed by atoms with Crippen LogP contribution >= 0.6 is 0 Å². The van der Waals surface area contributed by atoms with E-state index in [1.165, 1.54) is 47.4 Å². The molecule has 12 nitrogen and oxygen atoms in total. The van der Waals surface area contributed by atoms with Crippen LogP contribution in [0.3, 0.4) is 0 Å². The molecule has 2 N–H and O–H groups in total. The maximum absolute atomic E-state index is 13.3. The Hall–Kier alpha value is -5.52. The zero-order valence-electron chi connectivity index (χ0n) is 21.1. The lowest BCUT2D eigenvalue weighted by atomic mass is 9.94. The molecule has 40 heavy (non-hydrogen) atoms. The lowest BCUT2D eigenvalue weighted by Gasteiger charge is -2.25. The van der Waals surface area contributed by atoms with E-state index in [4.69, 9.17) is 4.74 Å². The maximum atomic E-state index is 13.3. The maximum Gasteiger partial charge on any atom is 0.295 e. The number of rotatable bonds is 8. The number of methoxy groups -OCH3 is 1. The fourth-order valence-electron chi connectivity index (χ4n) is 4.92. The Bertz CT molecular complexity index is 1720. The van der Waals surface area contributed by atoms with E-state index >= 15 is 0 Å². The van der Waals surface area contributed by atoms with Crippen molar-refractivity contribution in [1.29, 1.82) is 0 Å². The number of nitro benzene ring substituents is 2. The van der Waals surface area contributed by atoms with Crippen LogP contribution in [0.2, 0.25) is 0 Å². The van der Waals surface area contributed by atoms with Crippen molar-refractivity contribution in [3.8, 4) is 5.75 Å². The van der Waals surface area contributed by atoms with Crippen LogP contribution in [-0.2, 0) is 16.0 Å². The molecule has 1 atom stereocenters. The molecule has 1 aliphatic heterocycles. The smallest absolute Gasteiger partial charge is 0.295 e. The number of H-pyrrole nitrogens is 1. The minimum Gasteiger partial charge on any atom is -0.507 e. The van der Waals surface area contributed by atoms with Gasteiger partial charge in [0.15, 0.2) is 0 Å². The standard InChI is InChI=1S/C28H22N4O8/c1-40-21-8-9-23-22(14-21)18(15-29-23)10-11-30-25(16-4-2-6-19(12-16)31(36)37)24(27(34)28(30)35)26(33)17-5-3-7-20(13-17)32(38)39/h2-9,12-15,25,29,33H,10-11H2,1H3/t25-/m1/s1. The summed E-state index contributed by atoms with van der Waals surface area (Å²) >= 11 is 0. The van der Waals surface area contributed by atoms with Crippen LogP contribution in [0.25, 0.3) is 16.7 Å². The normalized spacial score (nSPS) is 16.4. The number of amides is 1. The van der Waals surface area contributed by atoms with Gasteiger partial charge in [0.2, 0.25) is 0 Å². The number of nitrogens with one attached hydrogen (secondary N) is 1. The highest BCUT2D eigenvalue weighted by molar-refractivity contribution is 6.46. The third kappa shape index (κ3) is 4.62. The van der Waals surface area contributed by atoms with Crippen LogP contribution in [-0.4, -0.2) is 50.2 Å². The molecule has 1 amide bonds. The minimum absolute atomic E-state index is 0.0355. The average molecular weight is 543 g/mol. The largest absolute Gasteiger partial charge is 0.507 e. The number of hydrogen-bond acceptors (Lipinski definition) is 8. The van der Waals surface area contributed by atoms with E-state index in [1.54, 1.807) is 19.4 Å². The van der Waals surface area contributed by atoms with Gasteiger partial charge < -0.3 is 19.7 Å². The quantitative estimate of drug-likeness (QED) is 0.106. The number of likely N-dealkylation sites (tertiary alicyclic amines) is 1. The van der Waals surface area contributed by atoms with E-state index in [0.717, 1.165) is 22.5 Å². The lowest BCUT2D eigenvalue weighted by Crippen LogP contribution is -2.31. The summed E-state index contributed by atoms with van der Waals surface area (Å²) in [4.78, 5) is 52.6. The summed E-state index contributed by atoms with van der Waals surface area (Å²) in [6.45, 7) is 0.0355. The number of non-ortho nitro benzene ring substituents is 2. The molecule has 0 saturated carbocycles. The summed E-state index contributed by atoms with van der Waals surface area (Å²) in [5.74, 6) is -1.87. The van der Waals surface area contributed by atoms with Crippen molar-refractivity contribution in [2.24, 2.45) is 0 Å². The third-order valence-electron chi connectivity index (χ3n) is 6.86. The Labute approximate surface area is 226 Å². The number of nitrogens with zero attached hydrogens (tertiary/aromatic N) is 3. The highest BCUT2D eigenvalue weighted by Crippen LogP contribution is 2.41. The van der Waals surface area contributed by atoms with E-state index in [0.29, 0.717) is 12.2 Å². The number of ketones is 1. The highest BCUT2D eigenvalue weighted by Gasteiger charge is 2.46. The van der Waals surface area contributed by atoms with Crippen LogP contribution in [0.5, 0.6) is 5.75 Å². The van der Waals surface area contributed by atoms with Gasteiger partial charge in [-0.2, -0.15) is 0 Å². The first-order valence-corrected chi connectivity index (χ1v) is 12.1. The molecule has 0 aliphatic carbocycles. The number of aromatic amines is 1. The molecule has 12 heteroatoms. The fraction of sp³-hybridized carbons (Fsp3) is 0.143. The first kappa shape index (κ1) is 26.1. The second-order valence-electron chi connectivity index (χ2n) is 9.13. The summed E-state index contributed by atoms with van der Waals surface area (Å²) < 4.78 is 5.31. The molecule has 0 radical (unpaired) electrons. The number of carbonyl (C=O) groups excluding carboxylic acids is 2. The molecule has 1 saturated heterocycles. The van der Waals surface area contributed by atoms with E-state index in [1.807, 2.05) is 12.1 Å². The number of Topliss-reactive ketones (excluding diaryl/α,β-unsaturated/α-hetero) is 1. The Morgan fingerprint density at radius 3 is 2.40 bits per heavy atom. The van der Waals surface area contributed by atoms with E-state index in [-0.39, 0.29) is 34.6 Å². The Morgan fingerprint density at radius 2 is 1.70 bits per heavy atom. The van der Waals surface area contributed by atoms with Gasteiger partial charge in [-0.05, 0) is 35.7 Å². The first-order valence-electron chi connectivity index (χ1n) is 12.1. The van der Waals surface area contributed by atoms with Crippen molar-refractivity contribution in [1.82, 2.24) is 9.88 Å². The van der Waals surface area contributed by atoms with Gasteiger partial charge in [0, 0.05) is 53.5 Å². The average Bonchev–Trinajstić information content (AvgIpc) is 3.48. The highest BCUT2D eigenvalue weighted by atomic mass is 16.6. The number of ether oxygens (including phenoxy) is 1. The third-order valence-corrected chi connectivity index (χ3v) is 6.86. The molecule has 2 heterocycles. The number of aromatic nitrogens is 1. The predicted octanol–water partition coefficient (Wildman–Crippen LogP) is 4.66. The number of nitro groups is 2. The summed E-state index contributed by atoms with van der Waals surface area (Å²) in [6, 6.07) is 14.8.